The van der Waals surface area contributed by atoms with E-state index in [1.807, 2.05) is 13.2 Å². The number of aryl methyl sites for hydroxylation is 1. The molecule has 0 saturated heterocycles. The van der Waals surface area contributed by atoms with Gasteiger partial charge in [-0.3, -0.25) is 4.68 Å². The fraction of sp³-hybridized carbons (Fsp3) is 0.174. The molecule has 1 atom stereocenters. The Kier molecular flexibility index (Phi) is 4.86. The molecule has 0 aliphatic rings. The zero-order chi connectivity index (χ0) is 23.2. The molecular weight excluding hydrogens is 423 g/mol. The molecule has 166 valence electrons. The van der Waals surface area contributed by atoms with Crippen LogP contribution in [-0.4, -0.2) is 39.8 Å². The lowest BCUT2D eigenvalue weighted by Gasteiger charge is -2.27. The molecule has 0 radical (unpaired) electrons. The quantitative estimate of drug-likeness (QED) is 0.379. The topological polar surface area (TPSA) is 131 Å². The number of rotatable bonds is 5. The number of nitrogens with zero attached hydrogens (tertiary/aromatic N) is 6. The number of nitrogens with one attached hydrogen (secondary N) is 1. The Hall–Kier alpha value is -4.18. The molecule has 4 N–H and O–H groups in total. The fourth-order valence-corrected chi connectivity index (χ4v) is 3.90. The van der Waals surface area contributed by atoms with Crippen LogP contribution in [0.4, 0.5) is 10.3 Å². The highest BCUT2D eigenvalue weighted by molar-refractivity contribution is 5.90. The number of halogens is 1. The Bertz CT molecular complexity index is 1480. The maximum Gasteiger partial charge on any atom is 0.220 e. The smallest absolute Gasteiger partial charge is 0.220 e. The van der Waals surface area contributed by atoms with Crippen molar-refractivity contribution < 1.29 is 9.50 Å². The SMILES string of the molecule is CC[C@](O)(c1cc(-c2c[nH]c3ncc(-c4cnn(C)c4)nc23)nc(N)n1)c1ccccc1F. The number of hydrogen-bond donors (Lipinski definition) is 3. The molecule has 0 spiro atoms. The van der Waals surface area contributed by atoms with Crippen LogP contribution in [0.25, 0.3) is 33.7 Å². The lowest BCUT2D eigenvalue weighted by molar-refractivity contribution is 0.0681. The number of benzene rings is 1. The van der Waals surface area contributed by atoms with Gasteiger partial charge in [-0.25, -0.2) is 24.3 Å². The fourth-order valence-electron chi connectivity index (χ4n) is 3.90. The lowest BCUT2D eigenvalue weighted by Crippen LogP contribution is -2.29. The summed E-state index contributed by atoms with van der Waals surface area (Å²) in [6.45, 7) is 1.75. The number of aliphatic hydroxyl groups is 1. The maximum absolute atomic E-state index is 14.6. The molecule has 10 heteroatoms. The van der Waals surface area contributed by atoms with Crippen LogP contribution in [0.1, 0.15) is 24.6 Å². The van der Waals surface area contributed by atoms with E-state index >= 15 is 0 Å². The normalized spacial score (nSPS) is 13.3. The van der Waals surface area contributed by atoms with E-state index in [-0.39, 0.29) is 23.6 Å². The van der Waals surface area contributed by atoms with Crippen molar-refractivity contribution in [1.29, 1.82) is 0 Å². The van der Waals surface area contributed by atoms with Gasteiger partial charge in [0.25, 0.3) is 0 Å². The van der Waals surface area contributed by atoms with E-state index in [0.717, 1.165) is 5.56 Å². The monoisotopic (exact) mass is 444 g/mol. The molecule has 0 aliphatic carbocycles. The molecule has 0 unspecified atom stereocenters. The summed E-state index contributed by atoms with van der Waals surface area (Å²) in [5.41, 5.74) is 8.32. The number of aromatic amines is 1. The second-order valence-corrected chi connectivity index (χ2v) is 7.75. The maximum atomic E-state index is 14.6. The van der Waals surface area contributed by atoms with Crippen molar-refractivity contribution in [1.82, 2.24) is 34.7 Å². The van der Waals surface area contributed by atoms with Gasteiger partial charge in [0.1, 0.15) is 16.9 Å². The van der Waals surface area contributed by atoms with Crippen molar-refractivity contribution >= 4 is 17.1 Å². The predicted octanol–water partition coefficient (Wildman–Crippen LogP) is 3.18. The van der Waals surface area contributed by atoms with Gasteiger partial charge < -0.3 is 15.8 Å². The van der Waals surface area contributed by atoms with Gasteiger partial charge in [-0.05, 0) is 18.6 Å². The number of hydrogen-bond acceptors (Lipinski definition) is 7. The molecule has 9 nitrogen and oxygen atoms in total. The predicted molar refractivity (Wildman–Crippen MR) is 121 cm³/mol. The zero-order valence-electron chi connectivity index (χ0n) is 18.0. The van der Waals surface area contributed by atoms with Gasteiger partial charge in [-0.2, -0.15) is 5.10 Å². The van der Waals surface area contributed by atoms with Gasteiger partial charge in [0.2, 0.25) is 5.95 Å². The number of fused-ring (bicyclic) bond motifs is 1. The van der Waals surface area contributed by atoms with Crippen LogP contribution >= 0.6 is 0 Å². The average molecular weight is 444 g/mol. The first kappa shape index (κ1) is 20.7. The van der Waals surface area contributed by atoms with E-state index < -0.39 is 11.4 Å². The van der Waals surface area contributed by atoms with Gasteiger partial charge in [0.15, 0.2) is 5.65 Å². The Morgan fingerprint density at radius 3 is 2.70 bits per heavy atom. The van der Waals surface area contributed by atoms with Crippen molar-refractivity contribution in [3.63, 3.8) is 0 Å². The number of anilines is 1. The number of nitrogens with two attached hydrogens (primary N) is 1. The molecule has 4 aromatic heterocycles. The molecular formula is C23H21FN8O. The van der Waals surface area contributed by atoms with Gasteiger partial charge >= 0.3 is 0 Å². The van der Waals surface area contributed by atoms with Gasteiger partial charge in [-0.15, -0.1) is 0 Å². The average Bonchev–Trinajstić information content (AvgIpc) is 3.44. The molecule has 0 fully saturated rings. The number of nitrogen functional groups attached to an aromatic ring is 1. The summed E-state index contributed by atoms with van der Waals surface area (Å²) in [5, 5.41) is 15.6. The number of aromatic nitrogens is 7. The van der Waals surface area contributed by atoms with Crippen LogP contribution in [0.5, 0.6) is 0 Å². The Balaban J connectivity index is 1.66. The van der Waals surface area contributed by atoms with Crippen LogP contribution in [0.2, 0.25) is 0 Å². The summed E-state index contributed by atoms with van der Waals surface area (Å²) in [7, 11) is 1.83. The van der Waals surface area contributed by atoms with Gasteiger partial charge in [0, 0.05) is 36.1 Å². The van der Waals surface area contributed by atoms with E-state index in [0.29, 0.717) is 28.1 Å². The Morgan fingerprint density at radius 2 is 1.97 bits per heavy atom. The third-order valence-corrected chi connectivity index (χ3v) is 5.66. The van der Waals surface area contributed by atoms with E-state index in [9.17, 15) is 9.50 Å². The van der Waals surface area contributed by atoms with Crippen LogP contribution in [0, 0.1) is 5.82 Å². The minimum Gasteiger partial charge on any atom is -0.379 e. The van der Waals surface area contributed by atoms with Crippen molar-refractivity contribution in [2.75, 3.05) is 5.73 Å². The summed E-state index contributed by atoms with van der Waals surface area (Å²) in [6, 6.07) is 7.68. The van der Waals surface area contributed by atoms with Crippen LogP contribution < -0.4 is 5.73 Å². The molecule has 0 aliphatic heterocycles. The molecule has 4 heterocycles. The first-order chi connectivity index (χ1) is 15.9. The van der Waals surface area contributed by atoms with E-state index in [1.54, 1.807) is 48.4 Å². The Labute approximate surface area is 188 Å². The molecule has 1 aromatic carbocycles. The third kappa shape index (κ3) is 3.50. The van der Waals surface area contributed by atoms with Crippen molar-refractivity contribution in [3.05, 3.63) is 72.2 Å². The second kappa shape index (κ2) is 7.75. The highest BCUT2D eigenvalue weighted by Crippen LogP contribution is 2.36. The van der Waals surface area contributed by atoms with Crippen LogP contribution in [0.3, 0.4) is 0 Å². The van der Waals surface area contributed by atoms with E-state index in [4.69, 9.17) is 10.7 Å². The molecule has 33 heavy (non-hydrogen) atoms. The molecule has 0 saturated carbocycles. The lowest BCUT2D eigenvalue weighted by atomic mass is 9.86. The Morgan fingerprint density at radius 1 is 1.15 bits per heavy atom. The third-order valence-electron chi connectivity index (χ3n) is 5.66. The van der Waals surface area contributed by atoms with Gasteiger partial charge in [-0.1, -0.05) is 25.1 Å². The van der Waals surface area contributed by atoms with Crippen molar-refractivity contribution in [3.8, 4) is 22.5 Å². The summed E-state index contributed by atoms with van der Waals surface area (Å²) in [4.78, 5) is 20.9. The summed E-state index contributed by atoms with van der Waals surface area (Å²) >= 11 is 0. The highest BCUT2D eigenvalue weighted by atomic mass is 19.1. The zero-order valence-corrected chi connectivity index (χ0v) is 18.0. The highest BCUT2D eigenvalue weighted by Gasteiger charge is 2.34. The number of H-pyrrole nitrogens is 1. The summed E-state index contributed by atoms with van der Waals surface area (Å²) < 4.78 is 16.3. The van der Waals surface area contributed by atoms with Crippen molar-refractivity contribution in [2.45, 2.75) is 18.9 Å². The summed E-state index contributed by atoms with van der Waals surface area (Å²) in [6.07, 6.45) is 7.12. The standard InChI is InChI=1S/C23H21FN8O/c1-3-23(33,15-6-4-5-7-16(15)24)19-8-17(30-22(25)31-19)14-10-26-21-20(14)29-18(11-27-21)13-9-28-32(2)12-13/h4-12,33H,3H2,1-2H3,(H,26,27)(H2,25,30,31)/t23-/m1/s1. The molecule has 5 rings (SSSR count). The van der Waals surface area contributed by atoms with Crippen molar-refractivity contribution in [2.24, 2.45) is 7.05 Å². The molecule has 5 aromatic rings. The van der Waals surface area contributed by atoms with Crippen LogP contribution in [-0.2, 0) is 12.6 Å². The van der Waals surface area contributed by atoms with E-state index in [1.165, 1.54) is 12.1 Å². The first-order valence-electron chi connectivity index (χ1n) is 10.3. The minimum atomic E-state index is -1.68. The molecule has 0 amide bonds. The first-order valence-corrected chi connectivity index (χ1v) is 10.3. The summed E-state index contributed by atoms with van der Waals surface area (Å²) in [5.74, 6) is -0.573. The van der Waals surface area contributed by atoms with Crippen LogP contribution in [0.15, 0.2) is 55.1 Å². The minimum absolute atomic E-state index is 0.0450. The van der Waals surface area contributed by atoms with E-state index in [2.05, 4.69) is 25.0 Å². The van der Waals surface area contributed by atoms with Gasteiger partial charge in [0.05, 0.1) is 29.5 Å². The second-order valence-electron chi connectivity index (χ2n) is 7.75. The largest absolute Gasteiger partial charge is 0.379 e. The molecule has 0 bridgehead atoms.